The molecule has 0 saturated heterocycles. The Hall–Kier alpha value is -0.860. The normalized spacial score (nSPS) is 14.7. The van der Waals surface area contributed by atoms with E-state index in [4.69, 9.17) is 5.73 Å². The van der Waals surface area contributed by atoms with Crippen LogP contribution in [0, 0.1) is 26.7 Å². The van der Waals surface area contributed by atoms with Crippen molar-refractivity contribution >= 4 is 0 Å². The smallest absolute Gasteiger partial charge is 0.0346 e. The largest absolute Gasteiger partial charge is 0.330 e. The molecule has 1 rings (SSSR count). The lowest BCUT2D eigenvalue weighted by atomic mass is 9.87. The first-order chi connectivity index (χ1) is 8.02. The minimum Gasteiger partial charge on any atom is -0.330 e. The topological polar surface area (TPSA) is 38.0 Å². The Kier molecular flexibility index (Phi) is 5.16. The van der Waals surface area contributed by atoms with Gasteiger partial charge < -0.3 is 11.1 Å². The molecule has 17 heavy (non-hydrogen) atoms. The Morgan fingerprint density at radius 2 is 1.82 bits per heavy atom. The minimum atomic E-state index is 0.401. The Labute approximate surface area is 106 Å². The summed E-state index contributed by atoms with van der Waals surface area (Å²) in [4.78, 5) is 0. The second-order valence-corrected chi connectivity index (χ2v) is 5.04. The van der Waals surface area contributed by atoms with Crippen LogP contribution in [0.1, 0.15) is 41.6 Å². The van der Waals surface area contributed by atoms with Gasteiger partial charge in [0.1, 0.15) is 0 Å². The molecule has 0 heterocycles. The van der Waals surface area contributed by atoms with Crippen molar-refractivity contribution in [1.29, 1.82) is 0 Å². The van der Waals surface area contributed by atoms with Crippen molar-refractivity contribution in [2.24, 2.45) is 11.7 Å². The average Bonchev–Trinajstić information content (AvgIpc) is 2.30. The SMILES string of the molecule is CNC(c1ccc(C)c(C)c1C)C(C)CCN. The summed E-state index contributed by atoms with van der Waals surface area (Å²) in [6.45, 7) is 9.61. The third-order valence-electron chi connectivity index (χ3n) is 3.94. The second kappa shape index (κ2) is 6.18. The monoisotopic (exact) mass is 234 g/mol. The zero-order valence-corrected chi connectivity index (χ0v) is 11.8. The van der Waals surface area contributed by atoms with Crippen LogP contribution in [-0.2, 0) is 0 Å². The molecule has 0 bridgehead atoms. The van der Waals surface area contributed by atoms with Crippen molar-refractivity contribution in [3.8, 4) is 0 Å². The quantitative estimate of drug-likeness (QED) is 0.822. The first kappa shape index (κ1) is 14.2. The average molecular weight is 234 g/mol. The van der Waals surface area contributed by atoms with Crippen molar-refractivity contribution in [3.63, 3.8) is 0 Å². The number of nitrogens with one attached hydrogen (secondary N) is 1. The summed E-state index contributed by atoms with van der Waals surface area (Å²) < 4.78 is 0. The highest BCUT2D eigenvalue weighted by atomic mass is 14.9. The minimum absolute atomic E-state index is 0.401. The van der Waals surface area contributed by atoms with Crippen molar-refractivity contribution in [2.45, 2.75) is 40.2 Å². The molecule has 0 saturated carbocycles. The van der Waals surface area contributed by atoms with Crippen LogP contribution in [0.4, 0.5) is 0 Å². The van der Waals surface area contributed by atoms with E-state index in [1.165, 1.54) is 22.3 Å². The molecule has 1 aromatic carbocycles. The van der Waals surface area contributed by atoms with Crippen LogP contribution in [0.2, 0.25) is 0 Å². The molecule has 2 unspecified atom stereocenters. The van der Waals surface area contributed by atoms with E-state index in [2.05, 4.69) is 45.1 Å². The summed E-state index contributed by atoms with van der Waals surface area (Å²) in [5.41, 5.74) is 11.3. The van der Waals surface area contributed by atoms with E-state index >= 15 is 0 Å². The van der Waals surface area contributed by atoms with Crippen LogP contribution in [0.25, 0.3) is 0 Å². The Morgan fingerprint density at radius 1 is 1.18 bits per heavy atom. The van der Waals surface area contributed by atoms with Crippen LogP contribution >= 0.6 is 0 Å². The van der Waals surface area contributed by atoms with Gasteiger partial charge in [-0.3, -0.25) is 0 Å². The summed E-state index contributed by atoms with van der Waals surface area (Å²) in [5, 5.41) is 3.43. The first-order valence-corrected chi connectivity index (χ1v) is 6.47. The Morgan fingerprint density at radius 3 is 2.35 bits per heavy atom. The highest BCUT2D eigenvalue weighted by molar-refractivity contribution is 5.40. The second-order valence-electron chi connectivity index (χ2n) is 5.04. The van der Waals surface area contributed by atoms with Crippen LogP contribution in [0.5, 0.6) is 0 Å². The summed E-state index contributed by atoms with van der Waals surface area (Å²) >= 11 is 0. The van der Waals surface area contributed by atoms with Gasteiger partial charge in [0.25, 0.3) is 0 Å². The maximum atomic E-state index is 5.66. The zero-order valence-electron chi connectivity index (χ0n) is 11.8. The van der Waals surface area contributed by atoms with E-state index in [-0.39, 0.29) is 0 Å². The highest BCUT2D eigenvalue weighted by Crippen LogP contribution is 2.29. The van der Waals surface area contributed by atoms with Crippen LogP contribution in [-0.4, -0.2) is 13.6 Å². The Balaban J connectivity index is 3.08. The van der Waals surface area contributed by atoms with E-state index in [1.54, 1.807) is 0 Å². The summed E-state index contributed by atoms with van der Waals surface area (Å²) in [5.74, 6) is 0.561. The third kappa shape index (κ3) is 3.08. The molecule has 96 valence electrons. The summed E-state index contributed by atoms with van der Waals surface area (Å²) in [6.07, 6.45) is 1.05. The molecular weight excluding hydrogens is 208 g/mol. The third-order valence-corrected chi connectivity index (χ3v) is 3.94. The number of hydrogen-bond acceptors (Lipinski definition) is 2. The number of benzene rings is 1. The first-order valence-electron chi connectivity index (χ1n) is 6.47. The zero-order chi connectivity index (χ0) is 13.0. The maximum Gasteiger partial charge on any atom is 0.0346 e. The van der Waals surface area contributed by atoms with E-state index in [1.807, 2.05) is 7.05 Å². The van der Waals surface area contributed by atoms with E-state index < -0.39 is 0 Å². The molecule has 0 amide bonds. The van der Waals surface area contributed by atoms with Crippen LogP contribution < -0.4 is 11.1 Å². The molecule has 0 aromatic heterocycles. The van der Waals surface area contributed by atoms with Crippen molar-refractivity contribution in [1.82, 2.24) is 5.32 Å². The van der Waals surface area contributed by atoms with Crippen LogP contribution in [0.3, 0.4) is 0 Å². The maximum absolute atomic E-state index is 5.66. The van der Waals surface area contributed by atoms with Gasteiger partial charge in [-0.05, 0) is 69.0 Å². The van der Waals surface area contributed by atoms with Gasteiger partial charge in [-0.15, -0.1) is 0 Å². The molecule has 2 atom stereocenters. The van der Waals surface area contributed by atoms with Gasteiger partial charge in [0, 0.05) is 6.04 Å². The van der Waals surface area contributed by atoms with E-state index in [9.17, 15) is 0 Å². The predicted octanol–water partition coefficient (Wildman–Crippen LogP) is 2.86. The van der Waals surface area contributed by atoms with Crippen molar-refractivity contribution in [2.75, 3.05) is 13.6 Å². The molecule has 1 aromatic rings. The van der Waals surface area contributed by atoms with Gasteiger partial charge in [0.2, 0.25) is 0 Å². The molecular formula is C15H26N2. The van der Waals surface area contributed by atoms with E-state index in [0.717, 1.165) is 13.0 Å². The van der Waals surface area contributed by atoms with Gasteiger partial charge in [0.15, 0.2) is 0 Å². The van der Waals surface area contributed by atoms with Gasteiger partial charge in [-0.1, -0.05) is 19.1 Å². The molecule has 2 heteroatoms. The number of aryl methyl sites for hydroxylation is 1. The van der Waals surface area contributed by atoms with Gasteiger partial charge in [-0.2, -0.15) is 0 Å². The molecule has 0 aliphatic rings. The molecule has 0 fully saturated rings. The summed E-state index contributed by atoms with van der Waals surface area (Å²) in [6, 6.07) is 4.88. The number of rotatable bonds is 5. The molecule has 0 radical (unpaired) electrons. The fourth-order valence-electron chi connectivity index (χ4n) is 2.49. The fraction of sp³-hybridized carbons (Fsp3) is 0.600. The Bertz CT molecular complexity index is 371. The van der Waals surface area contributed by atoms with E-state index in [0.29, 0.717) is 12.0 Å². The highest BCUT2D eigenvalue weighted by Gasteiger charge is 2.19. The van der Waals surface area contributed by atoms with Crippen LogP contribution in [0.15, 0.2) is 12.1 Å². The van der Waals surface area contributed by atoms with Crippen molar-refractivity contribution < 1.29 is 0 Å². The summed E-state index contributed by atoms with van der Waals surface area (Å²) in [7, 11) is 2.03. The van der Waals surface area contributed by atoms with Gasteiger partial charge >= 0.3 is 0 Å². The molecule has 0 spiro atoms. The lowest BCUT2D eigenvalue weighted by Gasteiger charge is -2.26. The molecule has 0 aliphatic heterocycles. The molecule has 2 nitrogen and oxygen atoms in total. The number of hydrogen-bond donors (Lipinski definition) is 2. The number of nitrogens with two attached hydrogens (primary N) is 1. The fourth-order valence-corrected chi connectivity index (χ4v) is 2.49. The van der Waals surface area contributed by atoms with Crippen molar-refractivity contribution in [3.05, 3.63) is 34.4 Å². The predicted molar refractivity (Wildman–Crippen MR) is 75.3 cm³/mol. The van der Waals surface area contributed by atoms with Gasteiger partial charge in [-0.25, -0.2) is 0 Å². The lowest BCUT2D eigenvalue weighted by molar-refractivity contribution is 0.390. The molecule has 3 N–H and O–H groups in total. The standard InChI is InChI=1S/C15H26N2/c1-10-6-7-14(13(4)12(10)3)15(17-5)11(2)8-9-16/h6-7,11,15,17H,8-9,16H2,1-5H3. The lowest BCUT2D eigenvalue weighted by Crippen LogP contribution is -2.26. The van der Waals surface area contributed by atoms with Gasteiger partial charge in [0.05, 0.1) is 0 Å². The molecule has 0 aliphatic carbocycles.